The number of carbonyl (C=O) groups excluding carboxylic acids is 1. The van der Waals surface area contributed by atoms with Crippen molar-refractivity contribution >= 4 is 21.7 Å². The minimum absolute atomic E-state index is 0.0478. The van der Waals surface area contributed by atoms with E-state index in [2.05, 4.69) is 10.6 Å². The van der Waals surface area contributed by atoms with E-state index >= 15 is 0 Å². The minimum Gasteiger partial charge on any atom is -0.336 e. The molecule has 18 heavy (non-hydrogen) atoms. The predicted octanol–water partition coefficient (Wildman–Crippen LogP) is 1.00. The Morgan fingerprint density at radius 1 is 1.28 bits per heavy atom. The van der Waals surface area contributed by atoms with Crippen LogP contribution >= 0.6 is 0 Å². The van der Waals surface area contributed by atoms with Crippen LogP contribution in [0.4, 0.5) is 10.5 Å². The second kappa shape index (κ2) is 5.83. The highest BCUT2D eigenvalue weighted by molar-refractivity contribution is 7.88. The summed E-state index contributed by atoms with van der Waals surface area (Å²) in [6, 6.07) is 6.21. The number of nitrogens with two attached hydrogens (primary N) is 1. The Balaban J connectivity index is 2.63. The topological polar surface area (TPSA) is 101 Å². The van der Waals surface area contributed by atoms with E-state index < -0.39 is 10.0 Å². The molecular weight excluding hydrogens is 254 g/mol. The molecule has 1 aromatic carbocycles. The molecule has 2 amide bonds. The molecule has 0 fully saturated rings. The molecular formula is C11H17N3O3S. The molecule has 0 aliphatic carbocycles. The third-order valence-corrected chi connectivity index (χ3v) is 2.74. The first-order valence-corrected chi connectivity index (χ1v) is 7.15. The second-order valence-corrected chi connectivity index (χ2v) is 5.87. The largest absolute Gasteiger partial charge is 0.336 e. The summed E-state index contributed by atoms with van der Waals surface area (Å²) in [7, 11) is -3.53. The van der Waals surface area contributed by atoms with Crippen molar-refractivity contribution in [2.75, 3.05) is 5.32 Å². The van der Waals surface area contributed by atoms with Crippen LogP contribution < -0.4 is 15.8 Å². The van der Waals surface area contributed by atoms with E-state index in [-0.39, 0.29) is 17.8 Å². The molecule has 0 radical (unpaired) electrons. The van der Waals surface area contributed by atoms with E-state index in [0.717, 1.165) is 0 Å². The first-order chi connectivity index (χ1) is 8.26. The number of sulfonamides is 1. The monoisotopic (exact) mass is 271 g/mol. The number of amides is 2. The van der Waals surface area contributed by atoms with E-state index in [9.17, 15) is 13.2 Å². The number of carbonyl (C=O) groups is 1. The van der Waals surface area contributed by atoms with Crippen LogP contribution in [0.2, 0.25) is 0 Å². The van der Waals surface area contributed by atoms with E-state index in [4.69, 9.17) is 5.14 Å². The van der Waals surface area contributed by atoms with Crippen molar-refractivity contribution in [1.29, 1.82) is 0 Å². The van der Waals surface area contributed by atoms with Crippen molar-refractivity contribution in [3.8, 4) is 0 Å². The Bertz CT molecular complexity index is 509. The molecule has 0 aromatic heterocycles. The van der Waals surface area contributed by atoms with Gasteiger partial charge >= 0.3 is 6.03 Å². The van der Waals surface area contributed by atoms with Crippen LogP contribution in [0.3, 0.4) is 0 Å². The molecule has 0 aliphatic rings. The highest BCUT2D eigenvalue weighted by atomic mass is 32.2. The number of primary sulfonamides is 1. The first kappa shape index (κ1) is 14.5. The molecule has 0 aliphatic heterocycles. The summed E-state index contributed by atoms with van der Waals surface area (Å²) in [5.74, 6) is -0.217. The van der Waals surface area contributed by atoms with Gasteiger partial charge in [-0.1, -0.05) is 12.1 Å². The zero-order valence-electron chi connectivity index (χ0n) is 10.3. The van der Waals surface area contributed by atoms with Gasteiger partial charge in [0.25, 0.3) is 0 Å². The van der Waals surface area contributed by atoms with Crippen molar-refractivity contribution in [2.24, 2.45) is 5.14 Å². The molecule has 0 unspecified atom stereocenters. The number of benzene rings is 1. The summed E-state index contributed by atoms with van der Waals surface area (Å²) >= 11 is 0. The van der Waals surface area contributed by atoms with Gasteiger partial charge in [-0.25, -0.2) is 18.4 Å². The Hall–Kier alpha value is -1.60. The summed E-state index contributed by atoms with van der Waals surface area (Å²) in [6.45, 7) is 3.71. The molecule has 100 valence electrons. The van der Waals surface area contributed by atoms with Crippen LogP contribution in [-0.2, 0) is 15.8 Å². The van der Waals surface area contributed by atoms with Crippen LogP contribution in [0, 0.1) is 0 Å². The smallest absolute Gasteiger partial charge is 0.319 e. The van der Waals surface area contributed by atoms with Gasteiger partial charge in [-0.15, -0.1) is 0 Å². The quantitative estimate of drug-likeness (QED) is 0.761. The zero-order chi connectivity index (χ0) is 13.8. The highest BCUT2D eigenvalue weighted by Gasteiger charge is 2.06. The molecule has 6 nitrogen and oxygen atoms in total. The van der Waals surface area contributed by atoms with E-state index in [1.54, 1.807) is 24.3 Å². The average Bonchev–Trinajstić information content (AvgIpc) is 2.17. The number of urea groups is 1. The van der Waals surface area contributed by atoms with Crippen LogP contribution in [0.25, 0.3) is 0 Å². The molecule has 0 bridgehead atoms. The third kappa shape index (κ3) is 5.65. The van der Waals surface area contributed by atoms with Gasteiger partial charge in [0.15, 0.2) is 0 Å². The fourth-order valence-corrected chi connectivity index (χ4v) is 2.00. The summed E-state index contributed by atoms with van der Waals surface area (Å²) < 4.78 is 21.8. The number of anilines is 1. The maximum Gasteiger partial charge on any atom is 0.319 e. The van der Waals surface area contributed by atoms with Crippen molar-refractivity contribution in [2.45, 2.75) is 25.6 Å². The highest BCUT2D eigenvalue weighted by Crippen LogP contribution is 2.11. The van der Waals surface area contributed by atoms with Gasteiger partial charge in [0.05, 0.1) is 5.75 Å². The number of hydrogen-bond donors (Lipinski definition) is 3. The fraction of sp³-hybridized carbons (Fsp3) is 0.364. The normalized spacial score (nSPS) is 11.3. The maximum absolute atomic E-state index is 11.4. The standard InChI is InChI=1S/C11H17N3O3S/c1-8(2)13-11(15)14-10-5-3-9(4-6-10)7-18(12,16)17/h3-6,8H,7H2,1-2H3,(H2,12,16,17)(H2,13,14,15). The lowest BCUT2D eigenvalue weighted by Gasteiger charge is -2.10. The molecule has 7 heteroatoms. The van der Waals surface area contributed by atoms with Crippen molar-refractivity contribution in [1.82, 2.24) is 5.32 Å². The van der Waals surface area contributed by atoms with Crippen LogP contribution in [0.1, 0.15) is 19.4 Å². The molecule has 0 spiro atoms. The van der Waals surface area contributed by atoms with E-state index in [1.165, 1.54) is 0 Å². The molecule has 0 heterocycles. The molecule has 4 N–H and O–H groups in total. The Morgan fingerprint density at radius 2 is 1.83 bits per heavy atom. The van der Waals surface area contributed by atoms with Gasteiger partial charge in [0.2, 0.25) is 10.0 Å². The van der Waals surface area contributed by atoms with E-state index in [1.807, 2.05) is 13.8 Å². The summed E-state index contributed by atoms with van der Waals surface area (Å²) in [6.07, 6.45) is 0. The first-order valence-electron chi connectivity index (χ1n) is 5.43. The lowest BCUT2D eigenvalue weighted by molar-refractivity contribution is 0.250. The average molecular weight is 271 g/mol. The molecule has 1 rings (SSSR count). The fourth-order valence-electron chi connectivity index (χ4n) is 1.35. The maximum atomic E-state index is 11.4. The molecule has 0 saturated carbocycles. The lowest BCUT2D eigenvalue weighted by atomic mass is 10.2. The van der Waals surface area contributed by atoms with Crippen LogP contribution in [-0.4, -0.2) is 20.5 Å². The lowest BCUT2D eigenvalue weighted by Crippen LogP contribution is -2.34. The predicted molar refractivity (Wildman–Crippen MR) is 70.5 cm³/mol. The van der Waals surface area contributed by atoms with Gasteiger partial charge < -0.3 is 10.6 Å². The summed E-state index contributed by atoms with van der Waals surface area (Å²) in [4.78, 5) is 11.4. The van der Waals surface area contributed by atoms with Crippen LogP contribution in [0.15, 0.2) is 24.3 Å². The Morgan fingerprint density at radius 3 is 2.28 bits per heavy atom. The zero-order valence-corrected chi connectivity index (χ0v) is 11.1. The Labute approximate surface area is 107 Å². The van der Waals surface area contributed by atoms with Gasteiger partial charge in [0.1, 0.15) is 0 Å². The SMILES string of the molecule is CC(C)NC(=O)Nc1ccc(CS(N)(=O)=O)cc1. The van der Waals surface area contributed by atoms with Crippen LogP contribution in [0.5, 0.6) is 0 Å². The molecule has 0 saturated heterocycles. The third-order valence-electron chi connectivity index (χ3n) is 2.00. The van der Waals surface area contributed by atoms with E-state index in [0.29, 0.717) is 11.3 Å². The summed E-state index contributed by atoms with van der Waals surface area (Å²) in [5.41, 5.74) is 1.17. The van der Waals surface area contributed by atoms with Crippen molar-refractivity contribution in [3.05, 3.63) is 29.8 Å². The summed E-state index contributed by atoms with van der Waals surface area (Å²) in [5, 5.41) is 10.2. The number of nitrogens with one attached hydrogen (secondary N) is 2. The molecule has 0 atom stereocenters. The molecule has 1 aromatic rings. The minimum atomic E-state index is -3.53. The van der Waals surface area contributed by atoms with Gasteiger partial charge in [0, 0.05) is 11.7 Å². The Kier molecular flexibility index (Phi) is 4.69. The number of hydrogen-bond acceptors (Lipinski definition) is 3. The van der Waals surface area contributed by atoms with Gasteiger partial charge in [-0.2, -0.15) is 0 Å². The van der Waals surface area contributed by atoms with Gasteiger partial charge in [-0.3, -0.25) is 0 Å². The number of rotatable bonds is 4. The van der Waals surface area contributed by atoms with Gasteiger partial charge in [-0.05, 0) is 31.5 Å². The van der Waals surface area contributed by atoms with Crippen molar-refractivity contribution in [3.63, 3.8) is 0 Å². The van der Waals surface area contributed by atoms with Crippen molar-refractivity contribution < 1.29 is 13.2 Å². The second-order valence-electron chi connectivity index (χ2n) is 4.26.